The van der Waals surface area contributed by atoms with E-state index in [1.54, 1.807) is 11.3 Å². The highest BCUT2D eigenvalue weighted by Gasteiger charge is 2.36. The second kappa shape index (κ2) is 8.93. The minimum Gasteiger partial charge on any atom is -0.345 e. The summed E-state index contributed by atoms with van der Waals surface area (Å²) in [5.74, 6) is 0.917. The van der Waals surface area contributed by atoms with E-state index >= 15 is 0 Å². The van der Waals surface area contributed by atoms with Crippen molar-refractivity contribution in [2.75, 3.05) is 0 Å². The molecule has 0 bridgehead atoms. The highest BCUT2D eigenvalue weighted by atomic mass is 32.1. The molecule has 1 aliphatic heterocycles. The van der Waals surface area contributed by atoms with Crippen LogP contribution in [-0.2, 0) is 5.41 Å². The van der Waals surface area contributed by atoms with Gasteiger partial charge in [-0.15, -0.1) is 11.3 Å². The predicted molar refractivity (Wildman–Crippen MR) is 190 cm³/mol. The van der Waals surface area contributed by atoms with Crippen molar-refractivity contribution < 1.29 is 0 Å². The fourth-order valence-corrected chi connectivity index (χ4v) is 9.00. The largest absolute Gasteiger partial charge is 0.345 e. The summed E-state index contributed by atoms with van der Waals surface area (Å²) in [4.78, 5) is 5.36. The molecule has 1 unspecified atom stereocenters. The Morgan fingerprint density at radius 1 is 0.644 bits per heavy atom. The molecule has 2 aliphatic rings. The molecule has 0 saturated carbocycles. The van der Waals surface area contributed by atoms with Gasteiger partial charge in [-0.1, -0.05) is 111 Å². The number of amidine groups is 1. The van der Waals surface area contributed by atoms with Gasteiger partial charge >= 0.3 is 0 Å². The van der Waals surface area contributed by atoms with E-state index in [2.05, 4.69) is 151 Å². The molecule has 0 radical (unpaired) electrons. The number of aromatic nitrogens is 1. The second-order valence-corrected chi connectivity index (χ2v) is 13.9. The van der Waals surface area contributed by atoms with E-state index in [1.807, 2.05) is 0 Å². The fourth-order valence-electron chi connectivity index (χ4n) is 7.89. The zero-order chi connectivity index (χ0) is 29.9. The Morgan fingerprint density at radius 2 is 1.36 bits per heavy atom. The minimum absolute atomic E-state index is 0.0762. The Bertz CT molecular complexity index is 2560. The maximum Gasteiger partial charge on any atom is 0.136 e. The first-order chi connectivity index (χ1) is 22.1. The number of nitrogens with one attached hydrogen (secondary N) is 1. The average Bonchev–Trinajstić information content (AvgIpc) is 3.69. The van der Waals surface area contributed by atoms with E-state index in [4.69, 9.17) is 4.99 Å². The van der Waals surface area contributed by atoms with Crippen LogP contribution < -0.4 is 5.32 Å². The number of aliphatic imine (C=N–C) groups is 1. The zero-order valence-electron chi connectivity index (χ0n) is 25.0. The molecular weight excluding hydrogens is 567 g/mol. The number of para-hydroxylation sites is 1. The highest BCUT2D eigenvalue weighted by Crippen LogP contribution is 2.50. The van der Waals surface area contributed by atoms with E-state index in [9.17, 15) is 0 Å². The lowest BCUT2D eigenvalue weighted by Crippen LogP contribution is -2.36. The van der Waals surface area contributed by atoms with Crippen LogP contribution in [0.3, 0.4) is 0 Å². The van der Waals surface area contributed by atoms with Crippen LogP contribution in [0.1, 0.15) is 42.3 Å². The smallest absolute Gasteiger partial charge is 0.136 e. The number of benzene rings is 6. The van der Waals surface area contributed by atoms with Crippen LogP contribution in [0.25, 0.3) is 53.8 Å². The summed E-state index contributed by atoms with van der Waals surface area (Å²) in [6, 6.07) is 46.7. The molecule has 0 fully saturated rings. The summed E-state index contributed by atoms with van der Waals surface area (Å²) in [6.45, 7) is 4.68. The van der Waals surface area contributed by atoms with E-state index < -0.39 is 0 Å². The summed E-state index contributed by atoms with van der Waals surface area (Å²) in [5, 5.41) is 11.4. The normalized spacial score (nSPS) is 16.5. The molecule has 2 aromatic heterocycles. The summed E-state index contributed by atoms with van der Waals surface area (Å²) >= 11 is 1.79. The van der Waals surface area contributed by atoms with Crippen molar-refractivity contribution in [1.82, 2.24) is 9.88 Å². The molecule has 45 heavy (non-hydrogen) atoms. The Kier molecular flexibility index (Phi) is 5.00. The number of hydrogen-bond acceptors (Lipinski definition) is 3. The van der Waals surface area contributed by atoms with Crippen molar-refractivity contribution in [3.05, 3.63) is 150 Å². The minimum atomic E-state index is -0.134. The highest BCUT2D eigenvalue weighted by molar-refractivity contribution is 7.22. The zero-order valence-corrected chi connectivity index (χ0v) is 25.8. The van der Waals surface area contributed by atoms with Gasteiger partial charge in [0.15, 0.2) is 0 Å². The van der Waals surface area contributed by atoms with Crippen molar-refractivity contribution in [2.24, 2.45) is 4.99 Å². The molecule has 4 heteroatoms. The van der Waals surface area contributed by atoms with Gasteiger partial charge in [0.2, 0.25) is 0 Å². The number of fused-ring (bicyclic) bond motifs is 10. The monoisotopic (exact) mass is 595 g/mol. The summed E-state index contributed by atoms with van der Waals surface area (Å²) < 4.78 is 3.77. The maximum absolute atomic E-state index is 5.36. The number of hydrogen-bond donors (Lipinski definition) is 1. The number of rotatable bonds is 2. The van der Waals surface area contributed by atoms with Gasteiger partial charge in [0.25, 0.3) is 0 Å². The SMILES string of the molecule is CC1(C)c2ccccc2-c2ccc(C3=Nc4sc5ccccc5c4C(n4c5ccccc5c5cc6ccccc6cc54)N3)cc21. The quantitative estimate of drug-likeness (QED) is 0.212. The van der Waals surface area contributed by atoms with Crippen LogP contribution in [0.15, 0.2) is 132 Å². The lowest BCUT2D eigenvalue weighted by atomic mass is 9.82. The Hall–Kier alpha value is -5.19. The van der Waals surface area contributed by atoms with Crippen LogP contribution >= 0.6 is 11.3 Å². The molecule has 1 aliphatic carbocycles. The standard InChI is InChI=1S/C41H29N3S/c1-41(2)32-16-8-5-13-27(32)28-20-19-26(22-33(28)41)38-42-39(37-30-15-7-10-18-36(30)45-40(37)43-38)44-34-17-9-6-14-29(34)31-21-24-11-3-4-12-25(24)23-35(31)44/h3-23,39H,1-2H3,(H,42,43). The maximum atomic E-state index is 5.36. The van der Waals surface area contributed by atoms with Crippen LogP contribution in [0, 0.1) is 0 Å². The van der Waals surface area contributed by atoms with Crippen molar-refractivity contribution in [3.63, 3.8) is 0 Å². The Morgan fingerprint density at radius 3 is 2.24 bits per heavy atom. The van der Waals surface area contributed by atoms with Gasteiger partial charge in [-0.2, -0.15) is 0 Å². The molecule has 0 amide bonds. The van der Waals surface area contributed by atoms with Gasteiger partial charge in [0, 0.05) is 37.4 Å². The molecule has 1 N–H and O–H groups in total. The summed E-state index contributed by atoms with van der Waals surface area (Å²) in [5.41, 5.74) is 10.1. The number of thiophene rings is 1. The van der Waals surface area contributed by atoms with Gasteiger partial charge in [-0.25, -0.2) is 4.99 Å². The van der Waals surface area contributed by atoms with E-state index in [0.717, 1.165) is 16.4 Å². The Labute approximate surface area is 265 Å². The van der Waals surface area contributed by atoms with Gasteiger partial charge in [-0.05, 0) is 63.4 Å². The third kappa shape index (κ3) is 3.43. The van der Waals surface area contributed by atoms with Crippen molar-refractivity contribution in [2.45, 2.75) is 25.4 Å². The first kappa shape index (κ1) is 25.2. The predicted octanol–water partition coefficient (Wildman–Crippen LogP) is 10.7. The Balaban J connectivity index is 1.23. The van der Waals surface area contributed by atoms with Gasteiger partial charge < -0.3 is 9.88 Å². The first-order valence-electron chi connectivity index (χ1n) is 15.6. The lowest BCUT2D eigenvalue weighted by Gasteiger charge is -2.29. The third-order valence-corrected chi connectivity index (χ3v) is 11.1. The molecule has 1 atom stereocenters. The van der Waals surface area contributed by atoms with Gasteiger partial charge in [0.1, 0.15) is 17.0 Å². The van der Waals surface area contributed by atoms with Crippen LogP contribution in [-0.4, -0.2) is 10.4 Å². The van der Waals surface area contributed by atoms with Crippen LogP contribution in [0.5, 0.6) is 0 Å². The molecule has 0 spiro atoms. The second-order valence-electron chi connectivity index (χ2n) is 12.9. The van der Waals surface area contributed by atoms with Gasteiger partial charge in [-0.3, -0.25) is 0 Å². The van der Waals surface area contributed by atoms with Crippen molar-refractivity contribution >= 4 is 64.8 Å². The summed E-state index contributed by atoms with van der Waals surface area (Å²) in [7, 11) is 0. The molecule has 3 heterocycles. The molecule has 10 rings (SSSR count). The fraction of sp³-hybridized carbons (Fsp3) is 0.0976. The molecule has 0 saturated heterocycles. The van der Waals surface area contributed by atoms with Gasteiger partial charge in [0.05, 0.1) is 11.0 Å². The molecule has 3 nitrogen and oxygen atoms in total. The lowest BCUT2D eigenvalue weighted by molar-refractivity contribution is 0.584. The molecular formula is C41H29N3S. The molecule has 6 aromatic carbocycles. The van der Waals surface area contributed by atoms with Crippen LogP contribution in [0.4, 0.5) is 5.00 Å². The third-order valence-electron chi connectivity index (χ3n) is 10.1. The van der Waals surface area contributed by atoms with Crippen molar-refractivity contribution in [1.29, 1.82) is 0 Å². The van der Waals surface area contributed by atoms with E-state index in [-0.39, 0.29) is 11.6 Å². The average molecular weight is 596 g/mol. The first-order valence-corrected chi connectivity index (χ1v) is 16.4. The molecule has 214 valence electrons. The van der Waals surface area contributed by atoms with Crippen molar-refractivity contribution in [3.8, 4) is 11.1 Å². The summed E-state index contributed by atoms with van der Waals surface area (Å²) in [6.07, 6.45) is -0.134. The van der Waals surface area contributed by atoms with E-state index in [0.29, 0.717) is 0 Å². The van der Waals surface area contributed by atoms with E-state index in [1.165, 1.54) is 70.5 Å². The number of nitrogens with zero attached hydrogens (tertiary/aromatic N) is 2. The topological polar surface area (TPSA) is 29.3 Å². The molecule has 8 aromatic rings. The van der Waals surface area contributed by atoms with Crippen LogP contribution in [0.2, 0.25) is 0 Å².